The third-order valence-corrected chi connectivity index (χ3v) is 3.45. The smallest absolute Gasteiger partial charge is 0.238 e. The van der Waals surface area contributed by atoms with E-state index in [1.165, 1.54) is 6.33 Å². The minimum absolute atomic E-state index is 0.386. The summed E-state index contributed by atoms with van der Waals surface area (Å²) in [5.41, 5.74) is 4.32. The lowest BCUT2D eigenvalue weighted by Gasteiger charge is -2.13. The van der Waals surface area contributed by atoms with Crippen LogP contribution in [0.1, 0.15) is 11.1 Å². The van der Waals surface area contributed by atoms with Gasteiger partial charge in [-0.1, -0.05) is 11.6 Å². The molecule has 0 saturated heterocycles. The van der Waals surface area contributed by atoms with Gasteiger partial charge in [0.05, 0.1) is 0 Å². The summed E-state index contributed by atoms with van der Waals surface area (Å²) in [5.74, 6) is 6.90. The van der Waals surface area contributed by atoms with Crippen molar-refractivity contribution in [2.24, 2.45) is 5.84 Å². The summed E-state index contributed by atoms with van der Waals surface area (Å²) >= 11 is 9.33. The maximum atomic E-state index is 5.99. The van der Waals surface area contributed by atoms with Crippen LogP contribution in [0.5, 0.6) is 11.6 Å². The molecule has 0 spiro atoms. The van der Waals surface area contributed by atoms with E-state index in [0.717, 1.165) is 11.1 Å². The van der Waals surface area contributed by atoms with E-state index in [1.54, 1.807) is 0 Å². The number of benzene rings is 1. The number of anilines is 1. The number of aryl methyl sites for hydroxylation is 2. The summed E-state index contributed by atoms with van der Waals surface area (Å²) in [5, 5.41) is 0.674. The molecule has 19 heavy (non-hydrogen) atoms. The zero-order valence-electron chi connectivity index (χ0n) is 10.4. The van der Waals surface area contributed by atoms with E-state index in [1.807, 2.05) is 26.0 Å². The van der Waals surface area contributed by atoms with Crippen molar-refractivity contribution in [3.63, 3.8) is 0 Å². The van der Waals surface area contributed by atoms with E-state index in [-0.39, 0.29) is 0 Å². The highest BCUT2D eigenvalue weighted by atomic mass is 79.9. The van der Waals surface area contributed by atoms with Crippen LogP contribution in [0.2, 0.25) is 5.02 Å². The molecule has 2 aromatic rings. The molecular weight excluding hydrogens is 332 g/mol. The number of nitrogen functional groups attached to an aromatic ring is 1. The molecule has 0 fully saturated rings. The topological polar surface area (TPSA) is 73.1 Å². The number of nitrogens with two attached hydrogens (primary N) is 1. The van der Waals surface area contributed by atoms with Gasteiger partial charge in [0.25, 0.3) is 0 Å². The molecule has 0 atom stereocenters. The zero-order chi connectivity index (χ0) is 14.0. The summed E-state index contributed by atoms with van der Waals surface area (Å²) < 4.78 is 6.38. The second-order valence-electron chi connectivity index (χ2n) is 3.96. The molecule has 2 rings (SSSR count). The minimum atomic E-state index is 0.386. The number of rotatable bonds is 3. The quantitative estimate of drug-likeness (QED) is 0.658. The van der Waals surface area contributed by atoms with Crippen LogP contribution < -0.4 is 16.0 Å². The third-order valence-electron chi connectivity index (χ3n) is 2.52. The van der Waals surface area contributed by atoms with Crippen molar-refractivity contribution in [3.05, 3.63) is 39.1 Å². The van der Waals surface area contributed by atoms with Gasteiger partial charge < -0.3 is 10.2 Å². The van der Waals surface area contributed by atoms with Crippen LogP contribution in [0, 0.1) is 13.8 Å². The van der Waals surface area contributed by atoms with E-state index < -0.39 is 0 Å². The van der Waals surface area contributed by atoms with Crippen molar-refractivity contribution in [2.45, 2.75) is 13.8 Å². The van der Waals surface area contributed by atoms with E-state index in [2.05, 4.69) is 31.3 Å². The van der Waals surface area contributed by atoms with Gasteiger partial charge in [-0.3, -0.25) is 0 Å². The molecule has 0 radical (unpaired) electrons. The Morgan fingerprint density at radius 2 is 1.89 bits per heavy atom. The molecule has 0 saturated carbocycles. The maximum absolute atomic E-state index is 5.99. The monoisotopic (exact) mass is 342 g/mol. The third kappa shape index (κ3) is 2.97. The van der Waals surface area contributed by atoms with Crippen LogP contribution in [0.25, 0.3) is 0 Å². The van der Waals surface area contributed by atoms with Crippen LogP contribution in [-0.2, 0) is 0 Å². The predicted molar refractivity (Wildman–Crippen MR) is 78.5 cm³/mol. The first-order chi connectivity index (χ1) is 9.02. The van der Waals surface area contributed by atoms with Gasteiger partial charge >= 0.3 is 0 Å². The molecule has 1 heterocycles. The largest absolute Gasteiger partial charge is 0.437 e. The highest BCUT2D eigenvalue weighted by Crippen LogP contribution is 2.35. The first-order valence-electron chi connectivity index (χ1n) is 5.44. The van der Waals surface area contributed by atoms with Crippen LogP contribution in [-0.4, -0.2) is 9.97 Å². The minimum Gasteiger partial charge on any atom is -0.437 e. The van der Waals surface area contributed by atoms with Crippen LogP contribution in [0.15, 0.2) is 22.9 Å². The molecular formula is C12H12BrClN4O. The molecule has 1 aromatic heterocycles. The molecule has 0 aliphatic rings. The fourth-order valence-electron chi connectivity index (χ4n) is 1.68. The van der Waals surface area contributed by atoms with E-state index >= 15 is 0 Å². The van der Waals surface area contributed by atoms with Gasteiger partial charge in [0.15, 0.2) is 5.82 Å². The molecule has 1 aromatic carbocycles. The van der Waals surface area contributed by atoms with Gasteiger partial charge in [-0.25, -0.2) is 15.8 Å². The van der Waals surface area contributed by atoms with Crippen LogP contribution in [0.3, 0.4) is 0 Å². The van der Waals surface area contributed by atoms with Crippen molar-refractivity contribution in [2.75, 3.05) is 5.43 Å². The Morgan fingerprint density at radius 1 is 1.26 bits per heavy atom. The average molecular weight is 344 g/mol. The molecule has 0 bridgehead atoms. The number of hydrogen-bond donors (Lipinski definition) is 2. The van der Waals surface area contributed by atoms with E-state index in [9.17, 15) is 0 Å². The summed E-state index contributed by atoms with van der Waals surface area (Å²) in [4.78, 5) is 8.04. The normalized spacial score (nSPS) is 10.4. The van der Waals surface area contributed by atoms with Crippen molar-refractivity contribution in [3.8, 4) is 11.6 Å². The fraction of sp³-hybridized carbons (Fsp3) is 0.167. The second kappa shape index (κ2) is 5.73. The first kappa shape index (κ1) is 14.0. The molecule has 0 amide bonds. The van der Waals surface area contributed by atoms with Gasteiger partial charge in [0.2, 0.25) is 5.88 Å². The van der Waals surface area contributed by atoms with Gasteiger partial charge in [-0.2, -0.15) is 0 Å². The Labute approximate surface area is 124 Å². The molecule has 3 N–H and O–H groups in total. The maximum Gasteiger partial charge on any atom is 0.238 e. The van der Waals surface area contributed by atoms with Gasteiger partial charge in [-0.05, 0) is 53.0 Å². The molecule has 0 aliphatic carbocycles. The lowest BCUT2D eigenvalue weighted by Crippen LogP contribution is -2.10. The van der Waals surface area contributed by atoms with Crippen molar-refractivity contribution in [1.82, 2.24) is 9.97 Å². The summed E-state index contributed by atoms with van der Waals surface area (Å²) in [6.07, 6.45) is 1.37. The highest BCUT2D eigenvalue weighted by Gasteiger charge is 2.13. The Balaban J connectivity index is 2.42. The summed E-state index contributed by atoms with van der Waals surface area (Å²) in [6.45, 7) is 3.84. The van der Waals surface area contributed by atoms with Crippen LogP contribution >= 0.6 is 27.5 Å². The van der Waals surface area contributed by atoms with Gasteiger partial charge in [0.1, 0.15) is 16.5 Å². The predicted octanol–water partition coefficient (Wildman–Crippen LogP) is 3.59. The number of nitrogens with zero attached hydrogens (tertiary/aromatic N) is 2. The van der Waals surface area contributed by atoms with Gasteiger partial charge in [0, 0.05) is 5.02 Å². The molecule has 0 aliphatic heterocycles. The zero-order valence-corrected chi connectivity index (χ0v) is 12.7. The number of hydrazine groups is 1. The highest BCUT2D eigenvalue weighted by molar-refractivity contribution is 9.10. The standard InChI is InChI=1S/C12H12BrClN4O/c1-6-3-8(14)4-7(2)10(6)19-12-9(13)11(18-15)16-5-17-12/h3-5H,15H2,1-2H3,(H,16,17,18). The fourth-order valence-corrected chi connectivity index (χ4v) is 2.41. The van der Waals surface area contributed by atoms with Crippen molar-refractivity contribution < 1.29 is 4.74 Å². The molecule has 7 heteroatoms. The van der Waals surface area contributed by atoms with Crippen LogP contribution in [0.4, 0.5) is 5.82 Å². The molecule has 5 nitrogen and oxygen atoms in total. The Bertz CT molecular complexity index is 598. The summed E-state index contributed by atoms with van der Waals surface area (Å²) in [6, 6.07) is 3.67. The van der Waals surface area contributed by atoms with Crippen molar-refractivity contribution in [1.29, 1.82) is 0 Å². The summed E-state index contributed by atoms with van der Waals surface area (Å²) in [7, 11) is 0. The van der Waals surface area contributed by atoms with E-state index in [0.29, 0.717) is 26.9 Å². The first-order valence-corrected chi connectivity index (χ1v) is 6.61. The molecule has 0 unspecified atom stereocenters. The second-order valence-corrected chi connectivity index (χ2v) is 5.19. The average Bonchev–Trinajstić information content (AvgIpc) is 2.35. The number of halogens is 2. The Morgan fingerprint density at radius 3 is 2.47 bits per heavy atom. The number of aromatic nitrogens is 2. The molecule has 100 valence electrons. The number of ether oxygens (including phenoxy) is 1. The lowest BCUT2D eigenvalue weighted by molar-refractivity contribution is 0.451. The Hall–Kier alpha value is -1.37. The number of nitrogens with one attached hydrogen (secondary N) is 1. The Kier molecular flexibility index (Phi) is 4.24. The number of hydrogen-bond acceptors (Lipinski definition) is 5. The SMILES string of the molecule is Cc1cc(Cl)cc(C)c1Oc1ncnc(NN)c1Br. The van der Waals surface area contributed by atoms with E-state index in [4.69, 9.17) is 22.2 Å². The van der Waals surface area contributed by atoms with Crippen molar-refractivity contribution >= 4 is 33.3 Å². The lowest BCUT2D eigenvalue weighted by atomic mass is 10.1. The van der Waals surface area contributed by atoms with Gasteiger partial charge in [-0.15, -0.1) is 0 Å².